The van der Waals surface area contributed by atoms with Gasteiger partial charge in [0.1, 0.15) is 12.4 Å². The van der Waals surface area contributed by atoms with Crippen LogP contribution in [-0.2, 0) is 11.3 Å². The number of aryl methyl sites for hydroxylation is 1. The van der Waals surface area contributed by atoms with Crippen LogP contribution in [0.5, 0.6) is 11.5 Å². The summed E-state index contributed by atoms with van der Waals surface area (Å²) in [5.41, 5.74) is 4.81. The van der Waals surface area contributed by atoms with E-state index in [2.05, 4.69) is 54.3 Å². The molecule has 0 amide bonds. The van der Waals surface area contributed by atoms with E-state index in [0.29, 0.717) is 19.1 Å². The molecule has 1 atom stereocenters. The second kappa shape index (κ2) is 10.3. The van der Waals surface area contributed by atoms with Crippen LogP contribution in [0.2, 0.25) is 0 Å². The molecule has 2 aliphatic heterocycles. The van der Waals surface area contributed by atoms with Gasteiger partial charge in [0, 0.05) is 37.7 Å². The first-order chi connectivity index (χ1) is 16.3. The van der Waals surface area contributed by atoms with Crippen LogP contribution in [0.25, 0.3) is 17.2 Å². The zero-order chi connectivity index (χ0) is 22.5. The van der Waals surface area contributed by atoms with E-state index >= 15 is 0 Å². The Balaban J connectivity index is 1.42. The molecule has 0 aliphatic carbocycles. The summed E-state index contributed by atoms with van der Waals surface area (Å²) in [7, 11) is 0. The number of rotatable bonds is 7. The molecule has 33 heavy (non-hydrogen) atoms. The Bertz CT molecular complexity index is 1080. The van der Waals surface area contributed by atoms with Crippen molar-refractivity contribution in [1.29, 1.82) is 0 Å². The maximum Gasteiger partial charge on any atom is 0.165 e. The zero-order valence-electron chi connectivity index (χ0n) is 19.2. The zero-order valence-corrected chi connectivity index (χ0v) is 19.2. The topological polar surface area (TPSA) is 44.1 Å². The van der Waals surface area contributed by atoms with Gasteiger partial charge in [-0.1, -0.05) is 30.3 Å². The molecule has 2 aliphatic rings. The predicted molar refractivity (Wildman–Crippen MR) is 130 cm³/mol. The summed E-state index contributed by atoms with van der Waals surface area (Å²) in [6, 6.07) is 16.8. The molecule has 2 aromatic carbocycles. The monoisotopic (exact) mass is 445 g/mol. The summed E-state index contributed by atoms with van der Waals surface area (Å²) < 4.78 is 23.6. The van der Waals surface area contributed by atoms with Gasteiger partial charge in [-0.15, -0.1) is 0 Å². The maximum absolute atomic E-state index is 6.36. The molecule has 1 aromatic heterocycles. The van der Waals surface area contributed by atoms with Crippen LogP contribution in [0.15, 0.2) is 65.3 Å². The van der Waals surface area contributed by atoms with Crippen molar-refractivity contribution in [3.63, 3.8) is 0 Å². The lowest BCUT2D eigenvalue weighted by Crippen LogP contribution is -2.25. The molecule has 5 heteroatoms. The molecular weight excluding hydrogens is 414 g/mol. The standard InChI is InChI=1S/C28H31NO4/c1-21-6-2-3-9-26(21)23-16-24-18-29(11-4-7-25-8-5-13-31-25)12-15-32-28(24)27(17-23)33-20-22-10-14-30-19-22/h2-9,13,16-17,22H,10-12,14-15,18-20H2,1H3. The molecule has 0 N–H and O–H groups in total. The minimum Gasteiger partial charge on any atom is -0.489 e. The van der Waals surface area contributed by atoms with Crippen molar-refractivity contribution in [1.82, 2.24) is 4.90 Å². The Labute approximate surface area is 195 Å². The first kappa shape index (κ1) is 21.8. The lowest BCUT2D eigenvalue weighted by Gasteiger charge is -2.19. The van der Waals surface area contributed by atoms with Crippen LogP contribution < -0.4 is 9.47 Å². The van der Waals surface area contributed by atoms with E-state index in [-0.39, 0.29) is 0 Å². The lowest BCUT2D eigenvalue weighted by atomic mass is 9.97. The molecule has 5 nitrogen and oxygen atoms in total. The molecule has 3 aromatic rings. The summed E-state index contributed by atoms with van der Waals surface area (Å²) in [5, 5.41) is 0. The van der Waals surface area contributed by atoms with Gasteiger partial charge in [-0.3, -0.25) is 4.90 Å². The Hall–Kier alpha value is -3.02. The predicted octanol–water partition coefficient (Wildman–Crippen LogP) is 5.58. The van der Waals surface area contributed by atoms with Crippen molar-refractivity contribution in [2.75, 3.05) is 39.5 Å². The summed E-state index contributed by atoms with van der Waals surface area (Å²) in [4.78, 5) is 2.39. The number of ether oxygens (including phenoxy) is 3. The van der Waals surface area contributed by atoms with Crippen LogP contribution in [0.3, 0.4) is 0 Å². The van der Waals surface area contributed by atoms with E-state index in [4.69, 9.17) is 18.6 Å². The maximum atomic E-state index is 6.36. The first-order valence-electron chi connectivity index (χ1n) is 11.7. The van der Waals surface area contributed by atoms with Gasteiger partial charge in [-0.2, -0.15) is 0 Å². The molecule has 1 saturated heterocycles. The van der Waals surface area contributed by atoms with E-state index in [1.807, 2.05) is 18.2 Å². The van der Waals surface area contributed by atoms with E-state index < -0.39 is 0 Å². The Morgan fingerprint density at radius 2 is 2.06 bits per heavy atom. The van der Waals surface area contributed by atoms with Crippen LogP contribution in [-0.4, -0.2) is 44.4 Å². The third-order valence-electron chi connectivity index (χ3n) is 6.32. The van der Waals surface area contributed by atoms with E-state index in [0.717, 1.165) is 62.1 Å². The van der Waals surface area contributed by atoms with Gasteiger partial charge in [-0.25, -0.2) is 0 Å². The van der Waals surface area contributed by atoms with Gasteiger partial charge >= 0.3 is 0 Å². The number of furan rings is 1. The molecule has 1 unspecified atom stereocenters. The van der Waals surface area contributed by atoms with Gasteiger partial charge in [0.05, 0.1) is 19.5 Å². The number of hydrogen-bond donors (Lipinski definition) is 0. The van der Waals surface area contributed by atoms with Crippen LogP contribution in [0.4, 0.5) is 0 Å². The van der Waals surface area contributed by atoms with Crippen molar-refractivity contribution < 1.29 is 18.6 Å². The minimum atomic E-state index is 0.441. The van der Waals surface area contributed by atoms with E-state index in [1.165, 1.54) is 16.7 Å². The van der Waals surface area contributed by atoms with Crippen LogP contribution in [0, 0.1) is 12.8 Å². The highest BCUT2D eigenvalue weighted by Gasteiger charge is 2.23. The Morgan fingerprint density at radius 1 is 1.12 bits per heavy atom. The molecule has 1 fully saturated rings. The second-order valence-corrected chi connectivity index (χ2v) is 8.82. The average Bonchev–Trinajstić information content (AvgIpc) is 3.49. The number of hydrogen-bond acceptors (Lipinski definition) is 5. The fraction of sp³-hybridized carbons (Fsp3) is 0.357. The van der Waals surface area contributed by atoms with Gasteiger partial charge in [0.25, 0.3) is 0 Å². The smallest absolute Gasteiger partial charge is 0.165 e. The van der Waals surface area contributed by atoms with Gasteiger partial charge in [0.15, 0.2) is 11.5 Å². The van der Waals surface area contributed by atoms with Crippen molar-refractivity contribution in [3.05, 3.63) is 77.8 Å². The summed E-state index contributed by atoms with van der Waals surface area (Å²) in [6.45, 7) is 7.53. The third-order valence-corrected chi connectivity index (χ3v) is 6.32. The quantitative estimate of drug-likeness (QED) is 0.475. The number of fused-ring (bicyclic) bond motifs is 1. The Morgan fingerprint density at radius 3 is 2.88 bits per heavy atom. The normalized spacial score (nSPS) is 18.8. The lowest BCUT2D eigenvalue weighted by molar-refractivity contribution is 0.164. The van der Waals surface area contributed by atoms with E-state index in [9.17, 15) is 0 Å². The van der Waals surface area contributed by atoms with Gasteiger partial charge in [-0.05, 0) is 60.4 Å². The highest BCUT2D eigenvalue weighted by Crippen LogP contribution is 2.39. The number of benzene rings is 2. The van der Waals surface area contributed by atoms with Crippen molar-refractivity contribution in [2.45, 2.75) is 19.9 Å². The van der Waals surface area contributed by atoms with Crippen molar-refractivity contribution >= 4 is 6.08 Å². The molecule has 3 heterocycles. The SMILES string of the molecule is Cc1ccccc1-c1cc2c(c(OCC3CCOC3)c1)OCCN(CC=Cc1ccco1)C2. The summed E-state index contributed by atoms with van der Waals surface area (Å²) >= 11 is 0. The average molecular weight is 446 g/mol. The molecule has 0 bridgehead atoms. The number of nitrogens with zero attached hydrogens (tertiary/aromatic N) is 1. The molecule has 0 radical (unpaired) electrons. The summed E-state index contributed by atoms with van der Waals surface area (Å²) in [6.07, 6.45) is 6.92. The van der Waals surface area contributed by atoms with Crippen LogP contribution in [0.1, 0.15) is 23.3 Å². The summed E-state index contributed by atoms with van der Waals surface area (Å²) in [5.74, 6) is 3.03. The van der Waals surface area contributed by atoms with Crippen molar-refractivity contribution in [3.8, 4) is 22.6 Å². The fourth-order valence-corrected chi connectivity index (χ4v) is 4.48. The minimum absolute atomic E-state index is 0.441. The first-order valence-corrected chi connectivity index (χ1v) is 11.7. The Kier molecular flexibility index (Phi) is 6.79. The second-order valence-electron chi connectivity index (χ2n) is 8.82. The molecule has 5 rings (SSSR count). The molecule has 0 saturated carbocycles. The van der Waals surface area contributed by atoms with Crippen LogP contribution >= 0.6 is 0 Å². The fourth-order valence-electron chi connectivity index (χ4n) is 4.48. The molecular formula is C28H31NO4. The van der Waals surface area contributed by atoms with Gasteiger partial charge in [0.2, 0.25) is 0 Å². The largest absolute Gasteiger partial charge is 0.489 e. The van der Waals surface area contributed by atoms with Crippen molar-refractivity contribution in [2.24, 2.45) is 5.92 Å². The molecule has 0 spiro atoms. The highest BCUT2D eigenvalue weighted by atomic mass is 16.5. The highest BCUT2D eigenvalue weighted by molar-refractivity contribution is 5.72. The van der Waals surface area contributed by atoms with E-state index in [1.54, 1.807) is 6.26 Å². The molecule has 172 valence electrons. The van der Waals surface area contributed by atoms with Gasteiger partial charge < -0.3 is 18.6 Å². The third kappa shape index (κ3) is 5.32.